The highest BCUT2D eigenvalue weighted by Crippen LogP contribution is 2.31. The van der Waals surface area contributed by atoms with Crippen LogP contribution in [0.15, 0.2) is 42.5 Å². The van der Waals surface area contributed by atoms with E-state index < -0.39 is 0 Å². The fourth-order valence-electron chi connectivity index (χ4n) is 3.47. The van der Waals surface area contributed by atoms with E-state index >= 15 is 0 Å². The molecular weight excluding hydrogens is 322 g/mol. The van der Waals surface area contributed by atoms with Crippen molar-refractivity contribution in [3.8, 4) is 0 Å². The first kappa shape index (κ1) is 17.5. The number of hydrogen-bond donors (Lipinski definition) is 0. The third kappa shape index (κ3) is 3.56. The molecule has 0 radical (unpaired) electrons. The van der Waals surface area contributed by atoms with Gasteiger partial charge in [0.1, 0.15) is 11.6 Å². The number of hydrogen-bond acceptors (Lipinski definition) is 2. The van der Waals surface area contributed by atoms with Crippen LogP contribution in [-0.2, 0) is 0 Å². The molecule has 0 saturated carbocycles. The highest BCUT2D eigenvalue weighted by Gasteiger charge is 2.37. The lowest BCUT2D eigenvalue weighted by atomic mass is 9.94. The summed E-state index contributed by atoms with van der Waals surface area (Å²) in [6.45, 7) is 2.80. The zero-order chi connectivity index (χ0) is 18.1. The average molecular weight is 344 g/mol. The van der Waals surface area contributed by atoms with Gasteiger partial charge in [-0.1, -0.05) is 12.1 Å². The molecule has 0 spiro atoms. The molecule has 1 aliphatic heterocycles. The number of amides is 1. The van der Waals surface area contributed by atoms with Crippen LogP contribution in [-0.4, -0.2) is 48.9 Å². The zero-order valence-corrected chi connectivity index (χ0v) is 14.7. The minimum absolute atomic E-state index is 0.0976. The van der Waals surface area contributed by atoms with Crippen LogP contribution in [0.3, 0.4) is 0 Å². The van der Waals surface area contributed by atoms with Crippen molar-refractivity contribution < 1.29 is 13.6 Å². The van der Waals surface area contributed by atoms with E-state index in [1.165, 1.54) is 24.3 Å². The molecule has 0 bridgehead atoms. The first-order valence-corrected chi connectivity index (χ1v) is 8.34. The number of carbonyl (C=O) groups excluding carboxylic acids is 1. The van der Waals surface area contributed by atoms with Gasteiger partial charge in [-0.2, -0.15) is 0 Å². The Labute approximate surface area is 146 Å². The van der Waals surface area contributed by atoms with Crippen LogP contribution in [0.2, 0.25) is 0 Å². The fraction of sp³-hybridized carbons (Fsp3) is 0.350. The summed E-state index contributed by atoms with van der Waals surface area (Å²) in [6.07, 6.45) is 0. The second-order valence-corrected chi connectivity index (χ2v) is 6.86. The van der Waals surface area contributed by atoms with E-state index in [1.54, 1.807) is 30.0 Å². The Bertz CT molecular complexity index is 774. The summed E-state index contributed by atoms with van der Waals surface area (Å²) in [7, 11) is 3.97. The third-order valence-electron chi connectivity index (χ3n) is 4.94. The molecule has 0 aromatic heterocycles. The van der Waals surface area contributed by atoms with Crippen molar-refractivity contribution in [2.24, 2.45) is 0 Å². The largest absolute Gasteiger partial charge is 0.336 e. The second-order valence-electron chi connectivity index (χ2n) is 6.86. The topological polar surface area (TPSA) is 23.6 Å². The van der Waals surface area contributed by atoms with E-state index in [-0.39, 0.29) is 29.5 Å². The lowest BCUT2D eigenvalue weighted by molar-refractivity contribution is 0.0782. The molecule has 3 rings (SSSR count). The number of carbonyl (C=O) groups is 1. The molecule has 2 aromatic rings. The molecule has 5 heteroatoms. The monoisotopic (exact) mass is 344 g/mol. The minimum atomic E-state index is -0.312. The predicted octanol–water partition coefficient (Wildman–Crippen LogP) is 3.44. The van der Waals surface area contributed by atoms with Crippen LogP contribution in [0.25, 0.3) is 0 Å². The first-order chi connectivity index (χ1) is 11.9. The summed E-state index contributed by atoms with van der Waals surface area (Å²) in [4.78, 5) is 16.7. The minimum Gasteiger partial charge on any atom is -0.336 e. The van der Waals surface area contributed by atoms with Gasteiger partial charge in [-0.25, -0.2) is 8.78 Å². The van der Waals surface area contributed by atoms with Gasteiger partial charge >= 0.3 is 0 Å². The van der Waals surface area contributed by atoms with E-state index in [2.05, 4.69) is 4.90 Å². The van der Waals surface area contributed by atoms with Gasteiger partial charge in [-0.3, -0.25) is 4.79 Å². The first-order valence-electron chi connectivity index (χ1n) is 8.34. The number of halogens is 2. The molecule has 1 heterocycles. The highest BCUT2D eigenvalue weighted by atomic mass is 19.1. The molecule has 1 aliphatic rings. The van der Waals surface area contributed by atoms with Gasteiger partial charge in [-0.15, -0.1) is 0 Å². The third-order valence-corrected chi connectivity index (χ3v) is 4.94. The number of benzene rings is 2. The summed E-state index contributed by atoms with van der Waals surface area (Å²) in [5.41, 5.74) is 1.98. The Balaban J connectivity index is 1.85. The SMILES string of the molecule is Cc1cc(C(=O)N2C[C@H](c3ccc(F)cc3)[C@@H](N(C)C)C2)ccc1F. The summed E-state index contributed by atoms with van der Waals surface area (Å²) in [6, 6.07) is 11.1. The number of likely N-dealkylation sites (N-methyl/N-ethyl adjacent to an activating group) is 1. The van der Waals surface area contributed by atoms with Gasteiger partial charge in [0.25, 0.3) is 5.91 Å². The molecule has 132 valence electrons. The Morgan fingerprint density at radius 1 is 1.08 bits per heavy atom. The van der Waals surface area contributed by atoms with Crippen LogP contribution in [0, 0.1) is 18.6 Å². The van der Waals surface area contributed by atoms with Gasteiger partial charge < -0.3 is 9.80 Å². The van der Waals surface area contributed by atoms with Crippen molar-refractivity contribution in [2.45, 2.75) is 18.9 Å². The van der Waals surface area contributed by atoms with Crippen molar-refractivity contribution in [1.82, 2.24) is 9.80 Å². The second kappa shape index (κ2) is 6.92. The molecule has 2 atom stereocenters. The Hall–Kier alpha value is -2.27. The molecule has 0 N–H and O–H groups in total. The van der Waals surface area contributed by atoms with E-state index in [9.17, 15) is 13.6 Å². The maximum Gasteiger partial charge on any atom is 0.253 e. The van der Waals surface area contributed by atoms with Crippen molar-refractivity contribution in [3.63, 3.8) is 0 Å². The van der Waals surface area contributed by atoms with E-state index in [0.29, 0.717) is 24.2 Å². The zero-order valence-electron chi connectivity index (χ0n) is 14.7. The van der Waals surface area contributed by atoms with Crippen molar-refractivity contribution in [2.75, 3.05) is 27.2 Å². The molecular formula is C20H22F2N2O. The number of aryl methyl sites for hydroxylation is 1. The van der Waals surface area contributed by atoms with Crippen LogP contribution in [0.1, 0.15) is 27.4 Å². The molecule has 1 fully saturated rings. The maximum absolute atomic E-state index is 13.5. The number of nitrogens with zero attached hydrogens (tertiary/aromatic N) is 2. The van der Waals surface area contributed by atoms with Crippen molar-refractivity contribution in [3.05, 3.63) is 70.8 Å². The lowest BCUT2D eigenvalue weighted by Crippen LogP contribution is -2.35. The molecule has 25 heavy (non-hydrogen) atoms. The van der Waals surface area contributed by atoms with Crippen LogP contribution < -0.4 is 0 Å². The van der Waals surface area contributed by atoms with E-state index in [1.807, 2.05) is 14.1 Å². The fourth-order valence-corrected chi connectivity index (χ4v) is 3.47. The van der Waals surface area contributed by atoms with Gasteiger partial charge in [0, 0.05) is 30.6 Å². The van der Waals surface area contributed by atoms with E-state index in [0.717, 1.165) is 5.56 Å². The predicted molar refractivity (Wildman–Crippen MR) is 93.7 cm³/mol. The number of rotatable bonds is 3. The standard InChI is InChI=1S/C20H22F2N2O/c1-13-10-15(6-9-18(13)22)20(25)24-11-17(19(12-24)23(2)3)14-4-7-16(21)8-5-14/h4-10,17,19H,11-12H2,1-3H3/t17-,19+/m1/s1. The Morgan fingerprint density at radius 2 is 1.76 bits per heavy atom. The summed E-state index contributed by atoms with van der Waals surface area (Å²) >= 11 is 0. The molecule has 0 unspecified atom stereocenters. The summed E-state index contributed by atoms with van der Waals surface area (Å²) in [5.74, 6) is -0.563. The van der Waals surface area contributed by atoms with Gasteiger partial charge in [0.2, 0.25) is 0 Å². The molecule has 3 nitrogen and oxygen atoms in total. The van der Waals surface area contributed by atoms with Gasteiger partial charge in [0.05, 0.1) is 0 Å². The molecule has 2 aromatic carbocycles. The summed E-state index contributed by atoms with van der Waals surface area (Å²) < 4.78 is 26.7. The van der Waals surface area contributed by atoms with Crippen LogP contribution >= 0.6 is 0 Å². The highest BCUT2D eigenvalue weighted by molar-refractivity contribution is 5.94. The van der Waals surface area contributed by atoms with Gasteiger partial charge in [-0.05, 0) is 62.5 Å². The van der Waals surface area contributed by atoms with E-state index in [4.69, 9.17) is 0 Å². The summed E-state index contributed by atoms with van der Waals surface area (Å²) in [5, 5.41) is 0. The van der Waals surface area contributed by atoms with Crippen LogP contribution in [0.5, 0.6) is 0 Å². The molecule has 0 aliphatic carbocycles. The smallest absolute Gasteiger partial charge is 0.253 e. The van der Waals surface area contributed by atoms with Crippen molar-refractivity contribution in [1.29, 1.82) is 0 Å². The van der Waals surface area contributed by atoms with Gasteiger partial charge in [0.15, 0.2) is 0 Å². The van der Waals surface area contributed by atoms with Crippen molar-refractivity contribution >= 4 is 5.91 Å². The maximum atomic E-state index is 13.5. The lowest BCUT2D eigenvalue weighted by Gasteiger charge is -2.25. The average Bonchev–Trinajstić information content (AvgIpc) is 3.03. The van der Waals surface area contributed by atoms with Crippen LogP contribution in [0.4, 0.5) is 8.78 Å². The Kier molecular flexibility index (Phi) is 4.86. The molecule has 1 amide bonds. The molecule has 1 saturated heterocycles. The number of likely N-dealkylation sites (tertiary alicyclic amines) is 1. The normalized spacial score (nSPS) is 20.3. The Morgan fingerprint density at radius 3 is 2.36 bits per heavy atom. The quantitative estimate of drug-likeness (QED) is 0.852.